The summed E-state index contributed by atoms with van der Waals surface area (Å²) in [5, 5.41) is 8.58. The average molecular weight is 285 g/mol. The first kappa shape index (κ1) is 15.1. The van der Waals surface area contributed by atoms with E-state index in [1.807, 2.05) is 0 Å². The molecule has 0 aliphatic rings. The van der Waals surface area contributed by atoms with Crippen molar-refractivity contribution in [3.63, 3.8) is 0 Å². The smallest absolute Gasteiger partial charge is 0.418 e. The summed E-state index contributed by atoms with van der Waals surface area (Å²) < 4.78 is 68.1. The Balaban J connectivity index is 3.61. The number of nitrogens with zero attached hydrogens (tertiary/aromatic N) is 1. The predicted molar refractivity (Wildman–Crippen MR) is 52.1 cm³/mol. The number of carboxylic acid groups (broad SMARTS) is 1. The summed E-state index contributed by atoms with van der Waals surface area (Å²) in [4.78, 5) is 13.6. The van der Waals surface area contributed by atoms with Crippen LogP contribution < -0.4 is 4.74 Å². The van der Waals surface area contributed by atoms with Crippen molar-refractivity contribution in [2.24, 2.45) is 0 Å². The number of carboxylic acids is 1. The molecule has 0 spiro atoms. The summed E-state index contributed by atoms with van der Waals surface area (Å²) in [6.45, 7) is 0. The first-order valence-corrected chi connectivity index (χ1v) is 4.81. The zero-order chi connectivity index (χ0) is 14.8. The Labute approximate surface area is 103 Å². The minimum Gasteiger partial charge on any atom is -0.495 e. The van der Waals surface area contributed by atoms with Crippen LogP contribution in [-0.2, 0) is 17.4 Å². The topological polar surface area (TPSA) is 59.4 Å². The van der Waals surface area contributed by atoms with E-state index in [9.17, 15) is 26.7 Å². The Hall–Kier alpha value is -1.93. The highest BCUT2D eigenvalue weighted by Crippen LogP contribution is 2.40. The number of pyridine rings is 1. The van der Waals surface area contributed by atoms with Crippen molar-refractivity contribution in [2.75, 3.05) is 7.11 Å². The number of halogens is 5. The molecule has 0 atom stereocenters. The van der Waals surface area contributed by atoms with Crippen molar-refractivity contribution < 1.29 is 36.6 Å². The van der Waals surface area contributed by atoms with Crippen LogP contribution in [0.5, 0.6) is 5.75 Å². The van der Waals surface area contributed by atoms with E-state index < -0.39 is 47.6 Å². The molecule has 1 N–H and O–H groups in total. The van der Waals surface area contributed by atoms with E-state index in [0.717, 1.165) is 7.11 Å². The van der Waals surface area contributed by atoms with Gasteiger partial charge in [-0.1, -0.05) is 0 Å². The van der Waals surface area contributed by atoms with Crippen molar-refractivity contribution in [3.8, 4) is 5.75 Å². The van der Waals surface area contributed by atoms with Crippen molar-refractivity contribution in [1.29, 1.82) is 0 Å². The molecule has 106 valence electrons. The molecule has 4 nitrogen and oxygen atoms in total. The van der Waals surface area contributed by atoms with Gasteiger partial charge in [-0.2, -0.15) is 13.2 Å². The van der Waals surface area contributed by atoms with Gasteiger partial charge in [0.05, 0.1) is 25.3 Å². The second-order valence-electron chi connectivity index (χ2n) is 3.43. The SMILES string of the molecule is COc1cnc(C(F)F)c(C(F)(F)F)c1CC(=O)O. The van der Waals surface area contributed by atoms with Crippen LogP contribution in [0.2, 0.25) is 0 Å². The number of ether oxygens (including phenoxy) is 1. The van der Waals surface area contributed by atoms with Gasteiger partial charge in [-0.05, 0) is 0 Å². The molecule has 0 unspecified atom stereocenters. The predicted octanol–water partition coefficient (Wildman–Crippen LogP) is 2.67. The molecule has 1 aromatic heterocycles. The second kappa shape index (κ2) is 5.37. The monoisotopic (exact) mass is 285 g/mol. The number of alkyl halides is 5. The summed E-state index contributed by atoms with van der Waals surface area (Å²) >= 11 is 0. The largest absolute Gasteiger partial charge is 0.495 e. The summed E-state index contributed by atoms with van der Waals surface area (Å²) in [6, 6.07) is 0. The lowest BCUT2D eigenvalue weighted by molar-refractivity contribution is -0.141. The molecular formula is C10H8F5NO3. The van der Waals surface area contributed by atoms with Gasteiger partial charge in [0.1, 0.15) is 11.4 Å². The van der Waals surface area contributed by atoms with Gasteiger partial charge in [-0.25, -0.2) is 8.78 Å². The summed E-state index contributed by atoms with van der Waals surface area (Å²) in [5.41, 5.74) is -4.14. The standard InChI is InChI=1S/C10H8F5NO3/c1-19-5-3-16-8(9(11)12)7(10(13,14)15)4(5)2-6(17)18/h3,9H,2H2,1H3,(H,17,18). The van der Waals surface area contributed by atoms with Gasteiger partial charge in [-0.3, -0.25) is 9.78 Å². The molecule has 0 radical (unpaired) electrons. The third kappa shape index (κ3) is 3.30. The van der Waals surface area contributed by atoms with Crippen molar-refractivity contribution in [1.82, 2.24) is 4.98 Å². The molecular weight excluding hydrogens is 277 g/mol. The highest BCUT2D eigenvalue weighted by Gasteiger charge is 2.41. The summed E-state index contributed by atoms with van der Waals surface area (Å²) in [5.74, 6) is -2.10. The average Bonchev–Trinajstić information content (AvgIpc) is 2.25. The van der Waals surface area contributed by atoms with E-state index in [-0.39, 0.29) is 0 Å². The molecule has 0 saturated heterocycles. The zero-order valence-corrected chi connectivity index (χ0v) is 9.46. The quantitative estimate of drug-likeness (QED) is 0.864. The Morgan fingerprint density at radius 1 is 1.47 bits per heavy atom. The van der Waals surface area contributed by atoms with Crippen molar-refractivity contribution >= 4 is 5.97 Å². The van der Waals surface area contributed by atoms with E-state index in [4.69, 9.17) is 5.11 Å². The maximum absolute atomic E-state index is 12.8. The van der Waals surface area contributed by atoms with E-state index in [2.05, 4.69) is 9.72 Å². The van der Waals surface area contributed by atoms with Gasteiger partial charge in [0.25, 0.3) is 6.43 Å². The molecule has 0 saturated carbocycles. The first-order valence-electron chi connectivity index (χ1n) is 4.81. The van der Waals surface area contributed by atoms with Gasteiger partial charge >= 0.3 is 12.1 Å². The van der Waals surface area contributed by atoms with E-state index >= 15 is 0 Å². The maximum Gasteiger partial charge on any atom is 0.418 e. The van der Waals surface area contributed by atoms with Crippen LogP contribution >= 0.6 is 0 Å². The summed E-state index contributed by atoms with van der Waals surface area (Å²) in [6.07, 6.45) is -9.08. The van der Waals surface area contributed by atoms with Gasteiger partial charge in [0, 0.05) is 5.56 Å². The lowest BCUT2D eigenvalue weighted by atomic mass is 10.0. The molecule has 0 aliphatic heterocycles. The number of carbonyl (C=O) groups is 1. The zero-order valence-electron chi connectivity index (χ0n) is 9.46. The lowest BCUT2D eigenvalue weighted by Gasteiger charge is -2.17. The maximum atomic E-state index is 12.8. The Kier molecular flexibility index (Phi) is 4.28. The third-order valence-electron chi connectivity index (χ3n) is 2.21. The Morgan fingerprint density at radius 2 is 2.05 bits per heavy atom. The number of rotatable bonds is 4. The van der Waals surface area contributed by atoms with Crippen LogP contribution in [0.3, 0.4) is 0 Å². The number of aliphatic carboxylic acids is 1. The Bertz CT molecular complexity index is 487. The molecule has 9 heteroatoms. The van der Waals surface area contributed by atoms with Crippen LogP contribution in [-0.4, -0.2) is 23.2 Å². The number of aromatic nitrogens is 1. The minimum absolute atomic E-state index is 0.501. The summed E-state index contributed by atoms with van der Waals surface area (Å²) in [7, 11) is 0.991. The number of hydrogen-bond acceptors (Lipinski definition) is 3. The molecule has 0 bridgehead atoms. The van der Waals surface area contributed by atoms with Gasteiger partial charge in [0.15, 0.2) is 0 Å². The minimum atomic E-state index is -5.15. The van der Waals surface area contributed by atoms with Crippen molar-refractivity contribution in [2.45, 2.75) is 19.0 Å². The molecule has 1 aromatic rings. The highest BCUT2D eigenvalue weighted by molar-refractivity contribution is 5.72. The molecule has 0 fully saturated rings. The highest BCUT2D eigenvalue weighted by atomic mass is 19.4. The lowest BCUT2D eigenvalue weighted by Crippen LogP contribution is -2.18. The third-order valence-corrected chi connectivity index (χ3v) is 2.21. The van der Waals surface area contributed by atoms with Gasteiger partial charge < -0.3 is 9.84 Å². The van der Waals surface area contributed by atoms with Crippen LogP contribution in [0.4, 0.5) is 22.0 Å². The molecule has 1 heterocycles. The fourth-order valence-corrected chi connectivity index (χ4v) is 1.53. The normalized spacial score (nSPS) is 11.7. The van der Waals surface area contributed by atoms with Crippen LogP contribution in [0, 0.1) is 0 Å². The molecule has 0 aromatic carbocycles. The number of methoxy groups -OCH3 is 1. The Morgan fingerprint density at radius 3 is 2.42 bits per heavy atom. The fraction of sp³-hybridized carbons (Fsp3) is 0.400. The number of hydrogen-bond donors (Lipinski definition) is 1. The fourth-order valence-electron chi connectivity index (χ4n) is 1.53. The van der Waals surface area contributed by atoms with Gasteiger partial charge in [0.2, 0.25) is 0 Å². The van der Waals surface area contributed by atoms with E-state index in [0.29, 0.717) is 6.20 Å². The van der Waals surface area contributed by atoms with Crippen LogP contribution in [0.25, 0.3) is 0 Å². The van der Waals surface area contributed by atoms with E-state index in [1.165, 1.54) is 0 Å². The van der Waals surface area contributed by atoms with Crippen molar-refractivity contribution in [3.05, 3.63) is 23.0 Å². The van der Waals surface area contributed by atoms with Crippen LogP contribution in [0.1, 0.15) is 23.2 Å². The molecule has 1 rings (SSSR count). The molecule has 0 aliphatic carbocycles. The first-order chi connectivity index (χ1) is 8.68. The van der Waals surface area contributed by atoms with Crippen LogP contribution in [0.15, 0.2) is 6.20 Å². The van der Waals surface area contributed by atoms with Gasteiger partial charge in [-0.15, -0.1) is 0 Å². The second-order valence-corrected chi connectivity index (χ2v) is 3.43. The molecule has 19 heavy (non-hydrogen) atoms. The van der Waals surface area contributed by atoms with E-state index in [1.54, 1.807) is 0 Å². The molecule has 0 amide bonds.